The molecule has 0 spiro atoms. The number of amides is 1. The Morgan fingerprint density at radius 2 is 1.85 bits per heavy atom. The van der Waals surface area contributed by atoms with E-state index in [0.717, 1.165) is 5.56 Å². The largest absolute Gasteiger partial charge is 0.469 e. The summed E-state index contributed by atoms with van der Waals surface area (Å²) in [7, 11) is 1.37. The lowest BCUT2D eigenvalue weighted by molar-refractivity contribution is -0.140. The molecule has 5 nitrogen and oxygen atoms in total. The zero-order valence-electron chi connectivity index (χ0n) is 12.2. The van der Waals surface area contributed by atoms with E-state index in [0.29, 0.717) is 18.5 Å². The van der Waals surface area contributed by atoms with Gasteiger partial charge in [0.25, 0.3) is 0 Å². The predicted octanol–water partition coefficient (Wildman–Crippen LogP) is 1.71. The SMILES string of the molecule is COC(=O)CCc1ccc(NC(=O)[C@@H](N)C(C)C)cc1. The zero-order chi connectivity index (χ0) is 15.1. The number of anilines is 1. The molecule has 0 bridgehead atoms. The molecule has 0 radical (unpaired) electrons. The second-order valence-corrected chi connectivity index (χ2v) is 5.03. The van der Waals surface area contributed by atoms with Crippen molar-refractivity contribution in [2.24, 2.45) is 11.7 Å². The molecule has 110 valence electrons. The summed E-state index contributed by atoms with van der Waals surface area (Å²) < 4.78 is 4.59. The van der Waals surface area contributed by atoms with Gasteiger partial charge < -0.3 is 15.8 Å². The van der Waals surface area contributed by atoms with Gasteiger partial charge in [0.2, 0.25) is 5.91 Å². The minimum Gasteiger partial charge on any atom is -0.469 e. The van der Waals surface area contributed by atoms with Crippen LogP contribution in [0.15, 0.2) is 24.3 Å². The second kappa shape index (κ2) is 7.65. The maximum Gasteiger partial charge on any atom is 0.305 e. The third-order valence-electron chi connectivity index (χ3n) is 3.09. The van der Waals surface area contributed by atoms with Crippen LogP contribution in [-0.2, 0) is 20.7 Å². The Bertz CT molecular complexity index is 455. The highest BCUT2D eigenvalue weighted by atomic mass is 16.5. The van der Waals surface area contributed by atoms with Gasteiger partial charge in [-0.15, -0.1) is 0 Å². The van der Waals surface area contributed by atoms with Crippen LogP contribution in [0.2, 0.25) is 0 Å². The number of carbonyl (C=O) groups is 2. The number of esters is 1. The molecular weight excluding hydrogens is 256 g/mol. The third-order valence-corrected chi connectivity index (χ3v) is 3.09. The van der Waals surface area contributed by atoms with Crippen LogP contribution in [0.4, 0.5) is 5.69 Å². The number of nitrogens with two attached hydrogens (primary N) is 1. The van der Waals surface area contributed by atoms with Crippen molar-refractivity contribution in [2.75, 3.05) is 12.4 Å². The van der Waals surface area contributed by atoms with E-state index < -0.39 is 6.04 Å². The maximum atomic E-state index is 11.8. The van der Waals surface area contributed by atoms with Gasteiger partial charge in [0, 0.05) is 12.1 Å². The first-order valence-electron chi connectivity index (χ1n) is 6.66. The molecule has 1 amide bonds. The Labute approximate surface area is 119 Å². The second-order valence-electron chi connectivity index (χ2n) is 5.03. The smallest absolute Gasteiger partial charge is 0.305 e. The quantitative estimate of drug-likeness (QED) is 0.776. The Morgan fingerprint density at radius 3 is 2.35 bits per heavy atom. The summed E-state index contributed by atoms with van der Waals surface area (Å²) in [5.74, 6) is -0.332. The lowest BCUT2D eigenvalue weighted by atomic mass is 10.0. The molecule has 5 heteroatoms. The number of benzene rings is 1. The van der Waals surface area contributed by atoms with Crippen LogP contribution in [0.25, 0.3) is 0 Å². The fourth-order valence-corrected chi connectivity index (χ4v) is 1.63. The van der Waals surface area contributed by atoms with Crippen molar-refractivity contribution >= 4 is 17.6 Å². The van der Waals surface area contributed by atoms with E-state index in [1.807, 2.05) is 26.0 Å². The number of hydrogen-bond donors (Lipinski definition) is 2. The van der Waals surface area contributed by atoms with Crippen molar-refractivity contribution in [3.63, 3.8) is 0 Å². The van der Waals surface area contributed by atoms with Gasteiger partial charge in [0.15, 0.2) is 0 Å². The van der Waals surface area contributed by atoms with Gasteiger partial charge in [-0.25, -0.2) is 0 Å². The van der Waals surface area contributed by atoms with Crippen LogP contribution in [-0.4, -0.2) is 25.0 Å². The topological polar surface area (TPSA) is 81.4 Å². The molecule has 0 aromatic heterocycles. The number of hydrogen-bond acceptors (Lipinski definition) is 4. The summed E-state index contributed by atoms with van der Waals surface area (Å²) in [6.07, 6.45) is 0.965. The predicted molar refractivity (Wildman–Crippen MR) is 78.2 cm³/mol. The fraction of sp³-hybridized carbons (Fsp3) is 0.467. The van der Waals surface area contributed by atoms with Crippen molar-refractivity contribution in [3.05, 3.63) is 29.8 Å². The number of nitrogens with one attached hydrogen (secondary N) is 1. The van der Waals surface area contributed by atoms with Crippen molar-refractivity contribution in [3.8, 4) is 0 Å². The van der Waals surface area contributed by atoms with E-state index in [1.165, 1.54) is 7.11 Å². The van der Waals surface area contributed by atoms with Gasteiger partial charge in [-0.1, -0.05) is 26.0 Å². The average molecular weight is 278 g/mol. The van der Waals surface area contributed by atoms with Gasteiger partial charge in [-0.2, -0.15) is 0 Å². The molecule has 0 saturated heterocycles. The standard InChI is InChI=1S/C15H22N2O3/c1-10(2)14(16)15(19)17-12-7-4-11(5-8-12)6-9-13(18)20-3/h4-5,7-8,10,14H,6,9,16H2,1-3H3,(H,17,19)/t14-/m0/s1. The average Bonchev–Trinajstić information content (AvgIpc) is 2.45. The van der Waals surface area contributed by atoms with Crippen molar-refractivity contribution < 1.29 is 14.3 Å². The zero-order valence-corrected chi connectivity index (χ0v) is 12.2. The first-order chi connectivity index (χ1) is 9.43. The Balaban J connectivity index is 2.54. The molecule has 0 fully saturated rings. The molecule has 0 saturated carbocycles. The molecule has 1 aromatic carbocycles. The van der Waals surface area contributed by atoms with Gasteiger partial charge in [-0.3, -0.25) is 9.59 Å². The number of ether oxygens (including phenoxy) is 1. The van der Waals surface area contributed by atoms with Crippen LogP contribution in [0.3, 0.4) is 0 Å². The molecule has 0 aliphatic rings. The fourth-order valence-electron chi connectivity index (χ4n) is 1.63. The maximum absolute atomic E-state index is 11.8. The van der Waals surface area contributed by atoms with E-state index in [-0.39, 0.29) is 17.8 Å². The van der Waals surface area contributed by atoms with Gasteiger partial charge in [0.1, 0.15) is 0 Å². The molecule has 0 aliphatic heterocycles. The van der Waals surface area contributed by atoms with E-state index in [9.17, 15) is 9.59 Å². The van der Waals surface area contributed by atoms with Crippen molar-refractivity contribution in [1.82, 2.24) is 0 Å². The minimum absolute atomic E-state index is 0.0920. The summed E-state index contributed by atoms with van der Waals surface area (Å²) in [6.45, 7) is 3.81. The first kappa shape index (κ1) is 16.2. The normalized spacial score (nSPS) is 12.1. The molecule has 0 aliphatic carbocycles. The molecule has 1 atom stereocenters. The Morgan fingerprint density at radius 1 is 1.25 bits per heavy atom. The molecule has 1 rings (SSSR count). The van der Waals surface area contributed by atoms with E-state index in [1.54, 1.807) is 12.1 Å². The molecule has 0 heterocycles. The van der Waals surface area contributed by atoms with Crippen LogP contribution in [0.1, 0.15) is 25.8 Å². The number of aryl methyl sites for hydroxylation is 1. The lowest BCUT2D eigenvalue weighted by Gasteiger charge is -2.15. The molecule has 1 aromatic rings. The van der Waals surface area contributed by atoms with Gasteiger partial charge in [-0.05, 0) is 30.0 Å². The van der Waals surface area contributed by atoms with E-state index in [2.05, 4.69) is 10.1 Å². The highest BCUT2D eigenvalue weighted by molar-refractivity contribution is 5.94. The molecule has 3 N–H and O–H groups in total. The number of rotatable bonds is 6. The lowest BCUT2D eigenvalue weighted by Crippen LogP contribution is -2.39. The van der Waals surface area contributed by atoms with Crippen molar-refractivity contribution in [2.45, 2.75) is 32.7 Å². The summed E-state index contributed by atoms with van der Waals surface area (Å²) in [6, 6.07) is 6.84. The number of carbonyl (C=O) groups excluding carboxylic acids is 2. The first-order valence-corrected chi connectivity index (χ1v) is 6.66. The molecular formula is C15H22N2O3. The number of methoxy groups -OCH3 is 1. The highest BCUT2D eigenvalue weighted by Crippen LogP contribution is 2.12. The summed E-state index contributed by atoms with van der Waals surface area (Å²) in [5.41, 5.74) is 7.49. The van der Waals surface area contributed by atoms with Crippen LogP contribution < -0.4 is 11.1 Å². The van der Waals surface area contributed by atoms with Gasteiger partial charge in [0.05, 0.1) is 13.2 Å². The van der Waals surface area contributed by atoms with Crippen LogP contribution >= 0.6 is 0 Å². The summed E-state index contributed by atoms with van der Waals surface area (Å²) in [5, 5.41) is 2.77. The van der Waals surface area contributed by atoms with E-state index in [4.69, 9.17) is 5.73 Å². The van der Waals surface area contributed by atoms with Crippen LogP contribution in [0, 0.1) is 5.92 Å². The monoisotopic (exact) mass is 278 g/mol. The Kier molecular flexibility index (Phi) is 6.18. The Hall–Kier alpha value is -1.88. The molecule has 20 heavy (non-hydrogen) atoms. The van der Waals surface area contributed by atoms with Crippen LogP contribution in [0.5, 0.6) is 0 Å². The summed E-state index contributed by atoms with van der Waals surface area (Å²) >= 11 is 0. The van der Waals surface area contributed by atoms with Gasteiger partial charge >= 0.3 is 5.97 Å². The summed E-state index contributed by atoms with van der Waals surface area (Å²) in [4.78, 5) is 22.8. The van der Waals surface area contributed by atoms with E-state index >= 15 is 0 Å². The molecule has 0 unspecified atom stereocenters. The minimum atomic E-state index is -0.519. The third kappa shape index (κ3) is 5.01. The van der Waals surface area contributed by atoms with Crippen molar-refractivity contribution in [1.29, 1.82) is 0 Å². The highest BCUT2D eigenvalue weighted by Gasteiger charge is 2.16.